The van der Waals surface area contributed by atoms with Gasteiger partial charge >= 0.3 is 0 Å². The number of hydrogen-bond acceptors (Lipinski definition) is 5. The number of halogens is 1. The molecule has 8 heteroatoms. The van der Waals surface area contributed by atoms with Gasteiger partial charge in [0.1, 0.15) is 17.4 Å². The molecule has 140 valence electrons. The summed E-state index contributed by atoms with van der Waals surface area (Å²) in [4.78, 5) is 4.18. The number of pyridine rings is 1. The zero-order valence-electron chi connectivity index (χ0n) is 14.5. The summed E-state index contributed by atoms with van der Waals surface area (Å²) in [5.74, 6) is 0.730. The summed E-state index contributed by atoms with van der Waals surface area (Å²) in [7, 11) is -3.81. The van der Waals surface area contributed by atoms with Gasteiger partial charge in [-0.05, 0) is 55.5 Å². The Bertz CT molecular complexity index is 1010. The molecule has 0 saturated heterocycles. The Balaban J connectivity index is 1.73. The van der Waals surface area contributed by atoms with E-state index in [1.165, 1.54) is 18.3 Å². The number of sulfonamides is 1. The molecule has 3 aromatic rings. The minimum Gasteiger partial charge on any atom is -0.492 e. The van der Waals surface area contributed by atoms with Crippen LogP contribution in [-0.2, 0) is 10.0 Å². The molecule has 1 heterocycles. The average molecular weight is 387 g/mol. The summed E-state index contributed by atoms with van der Waals surface area (Å²) < 4.78 is 45.5. The number of nitrogens with one attached hydrogen (secondary N) is 2. The molecule has 1 aromatic heterocycles. The summed E-state index contributed by atoms with van der Waals surface area (Å²) in [5, 5.41) is 3.13. The molecule has 2 aromatic carbocycles. The molecule has 3 rings (SSSR count). The van der Waals surface area contributed by atoms with Crippen LogP contribution >= 0.6 is 0 Å². The van der Waals surface area contributed by atoms with E-state index in [9.17, 15) is 12.8 Å². The molecule has 0 aliphatic carbocycles. The molecule has 0 amide bonds. The summed E-state index contributed by atoms with van der Waals surface area (Å²) in [6.07, 6.45) is 1.40. The number of aromatic nitrogens is 1. The first-order chi connectivity index (χ1) is 13.0. The highest BCUT2D eigenvalue weighted by atomic mass is 32.2. The van der Waals surface area contributed by atoms with Crippen molar-refractivity contribution in [1.82, 2.24) is 4.98 Å². The van der Waals surface area contributed by atoms with Crippen LogP contribution in [0.1, 0.15) is 6.92 Å². The molecule has 2 N–H and O–H groups in total. The standard InChI is InChI=1S/C19H18FN3O3S/c1-2-26-18-6-4-3-5-17(18)22-19-12-9-15(13-21-19)23-27(24,25)16-10-7-14(20)8-11-16/h3-13,23H,2H2,1H3,(H,21,22). The van der Waals surface area contributed by atoms with Crippen molar-refractivity contribution >= 4 is 27.2 Å². The van der Waals surface area contributed by atoms with Crippen LogP contribution in [0.15, 0.2) is 71.8 Å². The van der Waals surface area contributed by atoms with Gasteiger partial charge in [-0.1, -0.05) is 12.1 Å². The second kappa shape index (κ2) is 8.05. The molecule has 0 unspecified atom stereocenters. The Morgan fingerprint density at radius 1 is 1.04 bits per heavy atom. The first-order valence-electron chi connectivity index (χ1n) is 8.21. The van der Waals surface area contributed by atoms with Crippen molar-refractivity contribution in [3.63, 3.8) is 0 Å². The van der Waals surface area contributed by atoms with Gasteiger partial charge in [0, 0.05) is 0 Å². The average Bonchev–Trinajstić information content (AvgIpc) is 2.65. The summed E-state index contributed by atoms with van der Waals surface area (Å²) >= 11 is 0. The number of anilines is 3. The fraction of sp³-hybridized carbons (Fsp3) is 0.105. The molecule has 0 radical (unpaired) electrons. The molecular formula is C19H18FN3O3S. The highest BCUT2D eigenvalue weighted by Crippen LogP contribution is 2.27. The van der Waals surface area contributed by atoms with E-state index < -0.39 is 15.8 Å². The first kappa shape index (κ1) is 18.7. The van der Waals surface area contributed by atoms with Crippen molar-refractivity contribution in [2.45, 2.75) is 11.8 Å². The van der Waals surface area contributed by atoms with Crippen LogP contribution in [0.3, 0.4) is 0 Å². The molecule has 0 atom stereocenters. The third kappa shape index (κ3) is 4.73. The van der Waals surface area contributed by atoms with Gasteiger partial charge in [-0.25, -0.2) is 17.8 Å². The van der Waals surface area contributed by atoms with E-state index in [-0.39, 0.29) is 4.90 Å². The third-order valence-corrected chi connectivity index (χ3v) is 4.99. The van der Waals surface area contributed by atoms with Crippen LogP contribution in [0.25, 0.3) is 0 Å². The van der Waals surface area contributed by atoms with Gasteiger partial charge in [0.25, 0.3) is 10.0 Å². The van der Waals surface area contributed by atoms with Crippen molar-refractivity contribution in [3.8, 4) is 5.75 Å². The van der Waals surface area contributed by atoms with Crippen LogP contribution in [0.4, 0.5) is 21.6 Å². The van der Waals surface area contributed by atoms with E-state index >= 15 is 0 Å². The minimum atomic E-state index is -3.81. The van der Waals surface area contributed by atoms with E-state index in [4.69, 9.17) is 4.74 Å². The van der Waals surface area contributed by atoms with Crippen molar-refractivity contribution in [3.05, 3.63) is 72.7 Å². The molecule has 0 aliphatic rings. The van der Waals surface area contributed by atoms with Gasteiger partial charge in [0.2, 0.25) is 0 Å². The maximum Gasteiger partial charge on any atom is 0.261 e. The predicted molar refractivity (Wildman–Crippen MR) is 102 cm³/mol. The normalized spacial score (nSPS) is 11.0. The van der Waals surface area contributed by atoms with Gasteiger partial charge in [0.05, 0.1) is 29.1 Å². The monoisotopic (exact) mass is 387 g/mol. The summed E-state index contributed by atoms with van der Waals surface area (Å²) in [5.41, 5.74) is 1.05. The van der Waals surface area contributed by atoms with Crippen LogP contribution < -0.4 is 14.8 Å². The second-order valence-electron chi connectivity index (χ2n) is 5.55. The minimum absolute atomic E-state index is 0.0308. The number of ether oxygens (including phenoxy) is 1. The molecular weight excluding hydrogens is 369 g/mol. The SMILES string of the molecule is CCOc1ccccc1Nc1ccc(NS(=O)(=O)c2ccc(F)cc2)cn1. The van der Waals surface area contributed by atoms with E-state index in [1.54, 1.807) is 12.1 Å². The van der Waals surface area contributed by atoms with Crippen molar-refractivity contribution in [1.29, 1.82) is 0 Å². The van der Waals surface area contributed by atoms with Crippen LogP contribution in [-0.4, -0.2) is 20.0 Å². The zero-order valence-corrected chi connectivity index (χ0v) is 15.3. The van der Waals surface area contributed by atoms with Crippen molar-refractivity contribution in [2.75, 3.05) is 16.6 Å². The van der Waals surface area contributed by atoms with E-state index in [0.29, 0.717) is 23.9 Å². The van der Waals surface area contributed by atoms with E-state index in [1.807, 2.05) is 31.2 Å². The number of para-hydroxylation sites is 2. The van der Waals surface area contributed by atoms with Gasteiger partial charge in [-0.2, -0.15) is 0 Å². The Morgan fingerprint density at radius 3 is 2.44 bits per heavy atom. The summed E-state index contributed by atoms with van der Waals surface area (Å²) in [6.45, 7) is 2.44. The maximum absolute atomic E-state index is 13.0. The topological polar surface area (TPSA) is 80.3 Å². The molecule has 0 aliphatic heterocycles. The molecule has 27 heavy (non-hydrogen) atoms. The van der Waals surface area contributed by atoms with Gasteiger partial charge in [-0.3, -0.25) is 4.72 Å². The summed E-state index contributed by atoms with van der Waals surface area (Å²) in [6, 6.07) is 15.3. The van der Waals surface area contributed by atoms with Crippen LogP contribution in [0.5, 0.6) is 5.75 Å². The lowest BCUT2D eigenvalue weighted by molar-refractivity contribution is 0.342. The maximum atomic E-state index is 13.0. The van der Waals surface area contributed by atoms with Crippen molar-refractivity contribution < 1.29 is 17.5 Å². The number of benzene rings is 2. The molecule has 0 fully saturated rings. The molecule has 0 saturated carbocycles. The van der Waals surface area contributed by atoms with Crippen molar-refractivity contribution in [2.24, 2.45) is 0 Å². The number of rotatable bonds is 7. The molecule has 0 spiro atoms. The quantitative estimate of drug-likeness (QED) is 0.636. The highest BCUT2D eigenvalue weighted by Gasteiger charge is 2.14. The Morgan fingerprint density at radius 2 is 1.78 bits per heavy atom. The zero-order chi connectivity index (χ0) is 19.3. The number of nitrogens with zero attached hydrogens (tertiary/aromatic N) is 1. The fourth-order valence-electron chi connectivity index (χ4n) is 2.35. The van der Waals surface area contributed by atoms with Gasteiger partial charge in [-0.15, -0.1) is 0 Å². The molecule has 6 nitrogen and oxygen atoms in total. The highest BCUT2D eigenvalue weighted by molar-refractivity contribution is 7.92. The lowest BCUT2D eigenvalue weighted by Crippen LogP contribution is -2.13. The number of hydrogen-bond donors (Lipinski definition) is 2. The largest absolute Gasteiger partial charge is 0.492 e. The van der Waals surface area contributed by atoms with Gasteiger partial charge in [0.15, 0.2) is 0 Å². The third-order valence-electron chi connectivity index (χ3n) is 3.59. The fourth-order valence-corrected chi connectivity index (χ4v) is 3.39. The predicted octanol–water partition coefficient (Wildman–Crippen LogP) is 4.16. The molecule has 0 bridgehead atoms. The Labute approximate surface area is 157 Å². The van der Waals surface area contributed by atoms with Crippen LogP contribution in [0.2, 0.25) is 0 Å². The van der Waals surface area contributed by atoms with Gasteiger partial charge < -0.3 is 10.1 Å². The Kier molecular flexibility index (Phi) is 5.56. The smallest absolute Gasteiger partial charge is 0.261 e. The second-order valence-corrected chi connectivity index (χ2v) is 7.23. The van der Waals surface area contributed by atoms with E-state index in [0.717, 1.165) is 17.8 Å². The first-order valence-corrected chi connectivity index (χ1v) is 9.69. The lowest BCUT2D eigenvalue weighted by Gasteiger charge is -2.12. The Hall–Kier alpha value is -3.13. The van der Waals surface area contributed by atoms with Crippen LogP contribution in [0, 0.1) is 5.82 Å². The van der Waals surface area contributed by atoms with E-state index in [2.05, 4.69) is 15.0 Å². The lowest BCUT2D eigenvalue weighted by atomic mass is 10.3.